The molecule has 2 N–H and O–H groups in total. The Bertz CT molecular complexity index is 1280. The van der Waals surface area contributed by atoms with E-state index in [0.29, 0.717) is 21.1 Å². The maximum atomic E-state index is 12.9. The summed E-state index contributed by atoms with van der Waals surface area (Å²) in [7, 11) is 0. The van der Waals surface area contributed by atoms with Gasteiger partial charge in [-0.25, -0.2) is 4.98 Å². The number of rotatable bonds is 6. The van der Waals surface area contributed by atoms with Crippen LogP contribution in [0.15, 0.2) is 52.4 Å². The third-order valence-corrected chi connectivity index (χ3v) is 5.50. The van der Waals surface area contributed by atoms with Gasteiger partial charge in [0.25, 0.3) is 17.2 Å². The van der Waals surface area contributed by atoms with Crippen LogP contribution in [0.5, 0.6) is 0 Å². The van der Waals surface area contributed by atoms with Crippen molar-refractivity contribution in [1.82, 2.24) is 20.4 Å². The predicted octanol–water partition coefficient (Wildman–Crippen LogP) is 3.09. The van der Waals surface area contributed by atoms with Crippen molar-refractivity contribution >= 4 is 51.8 Å². The van der Waals surface area contributed by atoms with Gasteiger partial charge in [0.2, 0.25) is 5.91 Å². The quantitative estimate of drug-likeness (QED) is 0.242. The zero-order valence-corrected chi connectivity index (χ0v) is 18.6. The number of aromatic nitrogens is 2. The van der Waals surface area contributed by atoms with Crippen molar-refractivity contribution in [1.29, 1.82) is 0 Å². The van der Waals surface area contributed by atoms with E-state index in [0.717, 1.165) is 17.8 Å². The molecule has 0 aliphatic heterocycles. The number of halogens is 1. The molecule has 0 atom stereocenters. The molecular formula is C20H18ClN5O5S. The Balaban J connectivity index is 1.70. The number of nitrogens with one attached hydrogen (secondary N) is 2. The van der Waals surface area contributed by atoms with Crippen LogP contribution in [0.25, 0.3) is 10.9 Å². The molecular weight excluding hydrogens is 458 g/mol. The molecule has 2 amide bonds. The first-order valence-electron chi connectivity index (χ1n) is 9.35. The Morgan fingerprint density at radius 2 is 1.97 bits per heavy atom. The summed E-state index contributed by atoms with van der Waals surface area (Å²) in [4.78, 5) is 51.9. The minimum Gasteiger partial charge on any atom is -0.285 e. The number of benzene rings is 2. The van der Waals surface area contributed by atoms with E-state index in [1.807, 2.05) is 13.8 Å². The van der Waals surface area contributed by atoms with Crippen molar-refractivity contribution in [2.75, 3.05) is 5.75 Å². The lowest BCUT2D eigenvalue weighted by Gasteiger charge is -2.16. The number of thioether (sulfide) groups is 1. The molecule has 3 aromatic rings. The number of hydrazine groups is 1. The molecule has 0 unspecified atom stereocenters. The van der Waals surface area contributed by atoms with E-state index in [2.05, 4.69) is 15.8 Å². The van der Waals surface area contributed by atoms with Crippen LogP contribution < -0.4 is 16.4 Å². The SMILES string of the molecule is CC(C)n1c(SCC(=O)NNC(=O)c2cccc([N+](=O)[O-])c2)nc2cc(Cl)ccc2c1=O. The number of amides is 2. The van der Waals surface area contributed by atoms with Crippen LogP contribution >= 0.6 is 23.4 Å². The van der Waals surface area contributed by atoms with Gasteiger partial charge in [-0.15, -0.1) is 0 Å². The lowest BCUT2D eigenvalue weighted by Crippen LogP contribution is -2.42. The molecule has 1 aromatic heterocycles. The third-order valence-electron chi connectivity index (χ3n) is 4.31. The van der Waals surface area contributed by atoms with Crippen LogP contribution in [0.1, 0.15) is 30.2 Å². The average molecular weight is 476 g/mol. The molecule has 0 saturated carbocycles. The fourth-order valence-corrected chi connectivity index (χ4v) is 3.93. The fraction of sp³-hybridized carbons (Fsp3) is 0.200. The van der Waals surface area contributed by atoms with Crippen LogP contribution in [0.4, 0.5) is 5.69 Å². The summed E-state index contributed by atoms with van der Waals surface area (Å²) in [6, 6.07) is 9.70. The first-order chi connectivity index (χ1) is 15.2. The zero-order valence-electron chi connectivity index (χ0n) is 17.0. The second kappa shape index (κ2) is 9.79. The molecule has 0 radical (unpaired) electrons. The predicted molar refractivity (Wildman–Crippen MR) is 121 cm³/mol. The Hall–Kier alpha value is -3.44. The lowest BCUT2D eigenvalue weighted by molar-refractivity contribution is -0.384. The van der Waals surface area contributed by atoms with Crippen molar-refractivity contribution in [3.8, 4) is 0 Å². The largest absolute Gasteiger partial charge is 0.285 e. The summed E-state index contributed by atoms with van der Waals surface area (Å²) in [6.45, 7) is 3.66. The minimum absolute atomic E-state index is 0.0221. The van der Waals surface area contributed by atoms with Crippen LogP contribution in [0.3, 0.4) is 0 Å². The molecule has 166 valence electrons. The van der Waals surface area contributed by atoms with Gasteiger partial charge < -0.3 is 0 Å². The Morgan fingerprint density at radius 1 is 1.22 bits per heavy atom. The Morgan fingerprint density at radius 3 is 2.66 bits per heavy atom. The average Bonchev–Trinajstić information content (AvgIpc) is 2.75. The van der Waals surface area contributed by atoms with Gasteiger partial charge in [0.15, 0.2) is 5.16 Å². The number of carbonyl (C=O) groups is 2. The second-order valence-electron chi connectivity index (χ2n) is 6.92. The number of hydrogen-bond donors (Lipinski definition) is 2. The zero-order chi connectivity index (χ0) is 23.4. The molecule has 2 aromatic carbocycles. The number of fused-ring (bicyclic) bond motifs is 1. The molecule has 0 bridgehead atoms. The van der Waals surface area contributed by atoms with E-state index in [1.165, 1.54) is 22.8 Å². The van der Waals surface area contributed by atoms with Crippen LogP contribution in [-0.2, 0) is 4.79 Å². The molecule has 10 nitrogen and oxygen atoms in total. The van der Waals surface area contributed by atoms with Gasteiger partial charge >= 0.3 is 0 Å². The first-order valence-corrected chi connectivity index (χ1v) is 10.7. The van der Waals surface area contributed by atoms with Gasteiger partial charge in [0.1, 0.15) is 0 Å². The molecule has 0 fully saturated rings. The summed E-state index contributed by atoms with van der Waals surface area (Å²) in [5.74, 6) is -1.39. The maximum absolute atomic E-state index is 12.9. The van der Waals surface area contributed by atoms with Crippen LogP contribution in [-0.4, -0.2) is 32.0 Å². The lowest BCUT2D eigenvalue weighted by atomic mass is 10.2. The van der Waals surface area contributed by atoms with E-state index in [1.54, 1.807) is 18.2 Å². The van der Waals surface area contributed by atoms with Crippen molar-refractivity contribution in [2.24, 2.45) is 0 Å². The number of carbonyl (C=O) groups excluding carboxylic acids is 2. The number of nitrogens with zero attached hydrogens (tertiary/aromatic N) is 3. The minimum atomic E-state index is -0.704. The van der Waals surface area contributed by atoms with Gasteiger partial charge in [-0.2, -0.15) is 0 Å². The molecule has 0 saturated heterocycles. The maximum Gasteiger partial charge on any atom is 0.270 e. The summed E-state index contributed by atoms with van der Waals surface area (Å²) < 4.78 is 1.48. The second-order valence-corrected chi connectivity index (χ2v) is 8.30. The highest BCUT2D eigenvalue weighted by molar-refractivity contribution is 7.99. The van der Waals surface area contributed by atoms with Gasteiger partial charge in [-0.05, 0) is 38.1 Å². The third kappa shape index (κ3) is 5.24. The van der Waals surface area contributed by atoms with E-state index in [-0.39, 0.29) is 28.6 Å². The van der Waals surface area contributed by atoms with Gasteiger partial charge in [0.05, 0.1) is 21.6 Å². The van der Waals surface area contributed by atoms with Gasteiger partial charge in [-0.3, -0.25) is 39.9 Å². The first kappa shape index (κ1) is 23.2. The standard InChI is InChI=1S/C20H18ClN5O5S/c1-11(2)25-19(29)15-7-6-13(21)9-16(15)22-20(25)32-10-17(27)23-24-18(28)12-4-3-5-14(8-12)26(30)31/h3-9,11H,10H2,1-2H3,(H,23,27)(H,24,28). The topological polar surface area (TPSA) is 136 Å². The summed E-state index contributed by atoms with van der Waals surface area (Å²) >= 11 is 7.03. The van der Waals surface area contributed by atoms with Crippen molar-refractivity contribution in [2.45, 2.75) is 25.0 Å². The van der Waals surface area contributed by atoms with Gasteiger partial charge in [0, 0.05) is 28.8 Å². The number of non-ortho nitro benzene ring substituents is 1. The van der Waals surface area contributed by atoms with E-state index in [9.17, 15) is 24.5 Å². The highest BCUT2D eigenvalue weighted by Gasteiger charge is 2.17. The molecule has 0 aliphatic carbocycles. The number of nitro groups is 1. The Kier molecular flexibility index (Phi) is 7.11. The smallest absolute Gasteiger partial charge is 0.270 e. The fourth-order valence-electron chi connectivity index (χ4n) is 2.83. The highest BCUT2D eigenvalue weighted by Crippen LogP contribution is 2.22. The summed E-state index contributed by atoms with van der Waals surface area (Å²) in [6.07, 6.45) is 0. The normalized spacial score (nSPS) is 10.9. The molecule has 1 heterocycles. The monoisotopic (exact) mass is 475 g/mol. The molecule has 12 heteroatoms. The summed E-state index contributed by atoms with van der Waals surface area (Å²) in [5.41, 5.74) is 4.40. The van der Waals surface area contributed by atoms with E-state index >= 15 is 0 Å². The van der Waals surface area contributed by atoms with Crippen molar-refractivity contribution in [3.05, 3.63) is 73.5 Å². The van der Waals surface area contributed by atoms with E-state index in [4.69, 9.17) is 11.6 Å². The van der Waals surface area contributed by atoms with E-state index < -0.39 is 16.7 Å². The molecule has 32 heavy (non-hydrogen) atoms. The molecule has 0 spiro atoms. The van der Waals surface area contributed by atoms with Crippen molar-refractivity contribution in [3.63, 3.8) is 0 Å². The molecule has 0 aliphatic rings. The van der Waals surface area contributed by atoms with Crippen LogP contribution in [0, 0.1) is 10.1 Å². The molecule has 3 rings (SSSR count). The Labute approximate surface area is 191 Å². The van der Waals surface area contributed by atoms with Gasteiger partial charge in [-0.1, -0.05) is 29.4 Å². The summed E-state index contributed by atoms with van der Waals surface area (Å²) in [5, 5.41) is 12.0. The van der Waals surface area contributed by atoms with Crippen molar-refractivity contribution < 1.29 is 14.5 Å². The van der Waals surface area contributed by atoms with Crippen LogP contribution in [0.2, 0.25) is 5.02 Å². The number of nitro benzene ring substituents is 1. The number of hydrogen-bond acceptors (Lipinski definition) is 7. The highest BCUT2D eigenvalue weighted by atomic mass is 35.5.